The van der Waals surface area contributed by atoms with Crippen LogP contribution in [0.2, 0.25) is 0 Å². The number of fused-ring (bicyclic) bond motifs is 1. The van der Waals surface area contributed by atoms with E-state index in [1.54, 1.807) is 24.3 Å². The number of hydrogen-bond donors (Lipinski definition) is 2. The lowest BCUT2D eigenvalue weighted by Gasteiger charge is -2.11. The van der Waals surface area contributed by atoms with Crippen molar-refractivity contribution in [2.24, 2.45) is 0 Å². The second-order valence-corrected chi connectivity index (χ2v) is 5.82. The van der Waals surface area contributed by atoms with Crippen LogP contribution >= 0.6 is 0 Å². The molecule has 0 saturated carbocycles. The van der Waals surface area contributed by atoms with Gasteiger partial charge in [-0.15, -0.1) is 0 Å². The molecule has 8 heteroatoms. The third-order valence-electron chi connectivity index (χ3n) is 4.00. The average Bonchev–Trinajstić information content (AvgIpc) is 3.14. The normalized spacial score (nSPS) is 16.7. The van der Waals surface area contributed by atoms with E-state index in [0.717, 1.165) is 19.4 Å². The maximum absolute atomic E-state index is 11.9. The summed E-state index contributed by atoms with van der Waals surface area (Å²) in [4.78, 5) is 35.4. The van der Waals surface area contributed by atoms with E-state index < -0.39 is 5.97 Å². The van der Waals surface area contributed by atoms with E-state index in [4.69, 9.17) is 9.47 Å². The van der Waals surface area contributed by atoms with Crippen LogP contribution in [-0.4, -0.2) is 47.9 Å². The van der Waals surface area contributed by atoms with Gasteiger partial charge in [-0.3, -0.25) is 14.4 Å². The lowest BCUT2D eigenvalue weighted by molar-refractivity contribution is -0.148. The predicted molar refractivity (Wildman–Crippen MR) is 89.0 cm³/mol. The number of carbonyl (C=O) groups is 2. The average molecular weight is 345 g/mol. The standard InChI is InChI=1S/C17H19N3O5/c21-15(18-9-11-4-3-7-24-11)10-25-16(22)8-14-12-5-1-2-6-13(12)17(23)20-19-14/h1-2,5-6,11H,3-4,7-10H2,(H,18,21)(H,20,23). The molecule has 0 bridgehead atoms. The molecule has 1 unspecified atom stereocenters. The molecule has 25 heavy (non-hydrogen) atoms. The van der Waals surface area contributed by atoms with Gasteiger partial charge in [0.1, 0.15) is 0 Å². The van der Waals surface area contributed by atoms with E-state index in [-0.39, 0.29) is 30.6 Å². The summed E-state index contributed by atoms with van der Waals surface area (Å²) in [6, 6.07) is 6.87. The van der Waals surface area contributed by atoms with Crippen molar-refractivity contribution >= 4 is 22.6 Å². The van der Waals surface area contributed by atoms with Crippen molar-refractivity contribution in [1.29, 1.82) is 0 Å². The minimum absolute atomic E-state index is 0.0383. The molecular weight excluding hydrogens is 326 g/mol. The molecule has 2 aromatic rings. The van der Waals surface area contributed by atoms with Gasteiger partial charge in [0.25, 0.3) is 11.5 Å². The molecule has 2 heterocycles. The van der Waals surface area contributed by atoms with Crippen LogP contribution in [0.4, 0.5) is 0 Å². The predicted octanol–water partition coefficient (Wildman–Crippen LogP) is 0.304. The van der Waals surface area contributed by atoms with Crippen LogP contribution in [0.3, 0.4) is 0 Å². The van der Waals surface area contributed by atoms with Crippen LogP contribution in [0.25, 0.3) is 10.8 Å². The number of ether oxygens (including phenoxy) is 2. The second-order valence-electron chi connectivity index (χ2n) is 5.82. The zero-order valence-electron chi connectivity index (χ0n) is 13.6. The topological polar surface area (TPSA) is 110 Å². The number of aromatic nitrogens is 2. The largest absolute Gasteiger partial charge is 0.455 e. The molecule has 0 spiro atoms. The Kier molecular flexibility index (Phi) is 5.39. The number of esters is 1. The number of nitrogens with one attached hydrogen (secondary N) is 2. The maximum atomic E-state index is 11.9. The first-order valence-electron chi connectivity index (χ1n) is 8.13. The first kappa shape index (κ1) is 17.1. The molecule has 2 N–H and O–H groups in total. The van der Waals surface area contributed by atoms with Gasteiger partial charge in [-0.05, 0) is 18.9 Å². The highest BCUT2D eigenvalue weighted by molar-refractivity contribution is 5.87. The van der Waals surface area contributed by atoms with E-state index in [1.165, 1.54) is 0 Å². The molecule has 1 atom stereocenters. The summed E-state index contributed by atoms with van der Waals surface area (Å²) in [5.74, 6) is -0.958. The third kappa shape index (κ3) is 4.42. The molecule has 3 rings (SSSR count). The quantitative estimate of drug-likeness (QED) is 0.729. The highest BCUT2D eigenvalue weighted by Crippen LogP contribution is 2.13. The number of rotatable bonds is 6. The Morgan fingerprint density at radius 3 is 2.88 bits per heavy atom. The molecule has 1 aromatic heterocycles. The van der Waals surface area contributed by atoms with Crippen LogP contribution < -0.4 is 10.9 Å². The fraction of sp³-hybridized carbons (Fsp3) is 0.412. The number of carbonyl (C=O) groups excluding carboxylic acids is 2. The van der Waals surface area contributed by atoms with E-state index >= 15 is 0 Å². The molecule has 0 radical (unpaired) electrons. The van der Waals surface area contributed by atoms with Crippen LogP contribution in [0.15, 0.2) is 29.1 Å². The highest BCUT2D eigenvalue weighted by atomic mass is 16.5. The molecule has 8 nitrogen and oxygen atoms in total. The van der Waals surface area contributed by atoms with E-state index in [9.17, 15) is 14.4 Å². The van der Waals surface area contributed by atoms with Crippen molar-refractivity contribution in [1.82, 2.24) is 15.5 Å². The number of nitrogens with zero attached hydrogens (tertiary/aromatic N) is 1. The van der Waals surface area contributed by atoms with Gasteiger partial charge in [-0.25, -0.2) is 5.10 Å². The molecule has 1 aliphatic rings. The van der Waals surface area contributed by atoms with Crippen molar-refractivity contribution in [2.75, 3.05) is 19.8 Å². The Morgan fingerprint density at radius 1 is 1.32 bits per heavy atom. The third-order valence-corrected chi connectivity index (χ3v) is 4.00. The molecule has 0 aliphatic carbocycles. The number of aromatic amines is 1. The zero-order valence-corrected chi connectivity index (χ0v) is 13.6. The smallest absolute Gasteiger partial charge is 0.312 e. The summed E-state index contributed by atoms with van der Waals surface area (Å²) in [5, 5.41) is 9.98. The minimum Gasteiger partial charge on any atom is -0.455 e. The number of H-pyrrole nitrogens is 1. The number of amides is 1. The van der Waals surface area contributed by atoms with Gasteiger partial charge in [0.2, 0.25) is 0 Å². The van der Waals surface area contributed by atoms with Gasteiger partial charge < -0.3 is 14.8 Å². The van der Waals surface area contributed by atoms with Gasteiger partial charge in [0.15, 0.2) is 6.61 Å². The summed E-state index contributed by atoms with van der Waals surface area (Å²) in [7, 11) is 0. The fourth-order valence-corrected chi connectivity index (χ4v) is 2.72. The Bertz CT molecular complexity index is 826. The number of benzene rings is 1. The minimum atomic E-state index is -0.586. The van der Waals surface area contributed by atoms with E-state index in [1.807, 2.05) is 0 Å². The number of hydrogen-bond acceptors (Lipinski definition) is 6. The van der Waals surface area contributed by atoms with Gasteiger partial charge in [0, 0.05) is 18.5 Å². The second kappa shape index (κ2) is 7.89. The summed E-state index contributed by atoms with van der Waals surface area (Å²) >= 11 is 0. The Hall–Kier alpha value is -2.74. The van der Waals surface area contributed by atoms with Gasteiger partial charge >= 0.3 is 5.97 Å². The van der Waals surface area contributed by atoms with Crippen LogP contribution in [0.5, 0.6) is 0 Å². The van der Waals surface area contributed by atoms with Crippen molar-refractivity contribution < 1.29 is 19.1 Å². The van der Waals surface area contributed by atoms with Gasteiger partial charge in [-0.1, -0.05) is 18.2 Å². The summed E-state index contributed by atoms with van der Waals surface area (Å²) < 4.78 is 10.4. The molecule has 1 saturated heterocycles. The lowest BCUT2D eigenvalue weighted by Crippen LogP contribution is -2.35. The zero-order chi connectivity index (χ0) is 17.6. The van der Waals surface area contributed by atoms with Crippen molar-refractivity contribution in [3.8, 4) is 0 Å². The highest BCUT2D eigenvalue weighted by Gasteiger charge is 2.17. The molecule has 132 valence electrons. The first-order valence-corrected chi connectivity index (χ1v) is 8.13. The van der Waals surface area contributed by atoms with Crippen LogP contribution in [-0.2, 0) is 25.5 Å². The van der Waals surface area contributed by atoms with Crippen molar-refractivity contribution in [2.45, 2.75) is 25.4 Å². The summed E-state index contributed by atoms with van der Waals surface area (Å²) in [6.07, 6.45) is 1.83. The SMILES string of the molecule is O=C(COC(=O)Cc1n[nH]c(=O)c2ccccc12)NCC1CCCO1. The van der Waals surface area contributed by atoms with E-state index in [2.05, 4.69) is 15.5 Å². The molecule has 1 aliphatic heterocycles. The first-order chi connectivity index (χ1) is 12.1. The molecule has 1 fully saturated rings. The molecule has 1 amide bonds. The van der Waals surface area contributed by atoms with Crippen LogP contribution in [0.1, 0.15) is 18.5 Å². The molecule has 1 aromatic carbocycles. The van der Waals surface area contributed by atoms with Gasteiger partial charge in [0.05, 0.1) is 23.6 Å². The maximum Gasteiger partial charge on any atom is 0.312 e. The summed E-state index contributed by atoms with van der Waals surface area (Å²) in [6.45, 7) is 0.783. The lowest BCUT2D eigenvalue weighted by atomic mass is 10.1. The van der Waals surface area contributed by atoms with Crippen LogP contribution in [0, 0.1) is 0 Å². The molecular formula is C17H19N3O5. The monoisotopic (exact) mass is 345 g/mol. The van der Waals surface area contributed by atoms with Gasteiger partial charge in [-0.2, -0.15) is 5.10 Å². The Morgan fingerprint density at radius 2 is 2.12 bits per heavy atom. The van der Waals surface area contributed by atoms with Crippen molar-refractivity contribution in [3.05, 3.63) is 40.3 Å². The fourth-order valence-electron chi connectivity index (χ4n) is 2.72. The Balaban J connectivity index is 1.52. The Labute approximate surface area is 143 Å². The summed E-state index contributed by atoms with van der Waals surface area (Å²) in [5.41, 5.74) is 0.0844. The van der Waals surface area contributed by atoms with E-state index in [0.29, 0.717) is 23.0 Å². The van der Waals surface area contributed by atoms with Crippen molar-refractivity contribution in [3.63, 3.8) is 0 Å².